The Bertz CT molecular complexity index is 1820. The van der Waals surface area contributed by atoms with Gasteiger partial charge in [-0.25, -0.2) is 0 Å². The molecule has 0 rings (SSSR count). The third kappa shape index (κ3) is 84.5. The van der Waals surface area contributed by atoms with Crippen LogP contribution in [0.1, 0.15) is 470 Å². The largest absolute Gasteiger partial charge is 0.545 e. The molecule has 0 amide bonds. The normalized spacial score (nSPS) is 12.8. The summed E-state index contributed by atoms with van der Waals surface area (Å²) in [6.45, 7) is 4.73. The topological polar surface area (TPSA) is 111 Å². The number of hydrogen-bond donors (Lipinski definition) is 0. The molecule has 0 aliphatic rings. The SMILES string of the molecule is CC/C=C\C/C=C\C/C=C\C/C=C\CCCCCCCCCCCCCCCCCCCCCCCCCCC(=O)OC(COC(=O)CCCCCCCCCCCCCCCCCCCCCCCCCCCCCCCCCCCCCCCCCC)COC(OCC[N+](C)(C)C)C(=O)[O-]. The van der Waals surface area contributed by atoms with E-state index in [4.69, 9.17) is 18.9 Å². The first-order valence-corrected chi connectivity index (χ1v) is 45.3. The van der Waals surface area contributed by atoms with E-state index < -0.39 is 24.3 Å². The van der Waals surface area contributed by atoms with Gasteiger partial charge in [0.05, 0.1) is 40.3 Å². The number of aliphatic carboxylic acids is 1. The van der Waals surface area contributed by atoms with Gasteiger partial charge in [-0.1, -0.05) is 454 Å². The van der Waals surface area contributed by atoms with Gasteiger partial charge in [0.25, 0.3) is 0 Å². The number of rotatable bonds is 86. The predicted molar refractivity (Wildman–Crippen MR) is 440 cm³/mol. The van der Waals surface area contributed by atoms with Crippen LogP contribution in [0.2, 0.25) is 0 Å². The number of allylic oxidation sites excluding steroid dienone is 8. The van der Waals surface area contributed by atoms with E-state index >= 15 is 0 Å². The van der Waals surface area contributed by atoms with Gasteiger partial charge in [0.2, 0.25) is 0 Å². The lowest BCUT2D eigenvalue weighted by molar-refractivity contribution is -0.870. The van der Waals surface area contributed by atoms with Crippen molar-refractivity contribution in [2.24, 2.45) is 0 Å². The van der Waals surface area contributed by atoms with Crippen LogP contribution in [0.25, 0.3) is 0 Å². The first kappa shape index (κ1) is 99.2. The van der Waals surface area contributed by atoms with Crippen LogP contribution < -0.4 is 5.11 Å². The van der Waals surface area contributed by atoms with Crippen molar-refractivity contribution in [1.29, 1.82) is 0 Å². The van der Waals surface area contributed by atoms with E-state index in [9.17, 15) is 19.5 Å². The summed E-state index contributed by atoms with van der Waals surface area (Å²) in [6.07, 6.45) is 109. The molecular formula is C93H175NO8. The number of ether oxygens (including phenoxy) is 4. The van der Waals surface area contributed by atoms with E-state index in [0.717, 1.165) is 64.2 Å². The zero-order chi connectivity index (χ0) is 73.9. The van der Waals surface area contributed by atoms with Crippen LogP contribution >= 0.6 is 0 Å². The molecule has 0 N–H and O–H groups in total. The number of carbonyl (C=O) groups is 3. The van der Waals surface area contributed by atoms with Gasteiger partial charge in [-0.2, -0.15) is 0 Å². The molecule has 0 aromatic carbocycles. The maximum atomic E-state index is 13.0. The summed E-state index contributed by atoms with van der Waals surface area (Å²) in [4.78, 5) is 37.7. The average Bonchev–Trinajstić information content (AvgIpc) is 1.02. The van der Waals surface area contributed by atoms with Gasteiger partial charge in [-0.3, -0.25) is 9.59 Å². The smallest absolute Gasteiger partial charge is 0.306 e. The number of quaternary nitrogens is 1. The molecule has 600 valence electrons. The number of hydrogen-bond acceptors (Lipinski definition) is 8. The van der Waals surface area contributed by atoms with Crippen LogP contribution in [-0.4, -0.2) is 82.3 Å². The van der Waals surface area contributed by atoms with Crippen LogP contribution in [0.3, 0.4) is 0 Å². The van der Waals surface area contributed by atoms with Gasteiger partial charge in [0, 0.05) is 12.8 Å². The number of unbranched alkanes of at least 4 members (excludes halogenated alkanes) is 63. The molecular weight excluding hydrogens is 1260 g/mol. The van der Waals surface area contributed by atoms with Crippen LogP contribution in [0.5, 0.6) is 0 Å². The van der Waals surface area contributed by atoms with E-state index in [1.54, 1.807) is 0 Å². The minimum atomic E-state index is -1.62. The number of carboxylic acid groups (broad SMARTS) is 1. The highest BCUT2D eigenvalue weighted by molar-refractivity contribution is 5.70. The Balaban J connectivity index is 3.88. The lowest BCUT2D eigenvalue weighted by atomic mass is 10.0. The number of likely N-dealkylation sites (N-methyl/N-ethyl adjacent to an activating group) is 1. The minimum Gasteiger partial charge on any atom is -0.545 e. The fourth-order valence-corrected chi connectivity index (χ4v) is 14.0. The summed E-state index contributed by atoms with van der Waals surface area (Å²) < 4.78 is 22.9. The molecule has 9 heteroatoms. The summed E-state index contributed by atoms with van der Waals surface area (Å²) in [6, 6.07) is 0. The fourth-order valence-electron chi connectivity index (χ4n) is 14.0. The Morgan fingerprint density at radius 2 is 0.559 bits per heavy atom. The Labute approximate surface area is 635 Å². The second-order valence-electron chi connectivity index (χ2n) is 32.2. The fraction of sp³-hybridized carbons (Fsp3) is 0.882. The van der Waals surface area contributed by atoms with Crippen molar-refractivity contribution in [2.45, 2.75) is 482 Å². The highest BCUT2D eigenvalue weighted by Gasteiger charge is 2.22. The highest BCUT2D eigenvalue weighted by atomic mass is 16.7. The first-order valence-electron chi connectivity index (χ1n) is 45.3. The summed E-state index contributed by atoms with van der Waals surface area (Å²) in [5.74, 6) is -2.24. The quantitative estimate of drug-likeness (QED) is 0.0195. The first-order chi connectivity index (χ1) is 50.1. The lowest BCUT2D eigenvalue weighted by Crippen LogP contribution is -2.44. The molecule has 0 radical (unpaired) electrons. The summed E-state index contributed by atoms with van der Waals surface area (Å²) in [7, 11) is 5.96. The number of carboxylic acids is 1. The van der Waals surface area contributed by atoms with Crippen LogP contribution in [0.4, 0.5) is 0 Å². The van der Waals surface area contributed by atoms with Crippen molar-refractivity contribution >= 4 is 17.9 Å². The van der Waals surface area contributed by atoms with Gasteiger partial charge < -0.3 is 33.3 Å². The molecule has 0 saturated heterocycles. The zero-order valence-corrected chi connectivity index (χ0v) is 69.0. The van der Waals surface area contributed by atoms with Crippen molar-refractivity contribution in [2.75, 3.05) is 47.5 Å². The van der Waals surface area contributed by atoms with E-state index in [1.165, 1.54) is 379 Å². The van der Waals surface area contributed by atoms with E-state index in [0.29, 0.717) is 17.4 Å². The van der Waals surface area contributed by atoms with Gasteiger partial charge >= 0.3 is 11.9 Å². The Morgan fingerprint density at radius 3 is 0.833 bits per heavy atom. The highest BCUT2D eigenvalue weighted by Crippen LogP contribution is 2.21. The van der Waals surface area contributed by atoms with Crippen LogP contribution in [0.15, 0.2) is 48.6 Å². The van der Waals surface area contributed by atoms with Crippen molar-refractivity contribution in [3.63, 3.8) is 0 Å². The monoisotopic (exact) mass is 1430 g/mol. The van der Waals surface area contributed by atoms with E-state index in [2.05, 4.69) is 62.5 Å². The van der Waals surface area contributed by atoms with Gasteiger partial charge in [-0.15, -0.1) is 0 Å². The van der Waals surface area contributed by atoms with Gasteiger partial charge in [0.1, 0.15) is 13.2 Å². The van der Waals surface area contributed by atoms with Gasteiger partial charge in [-0.05, 0) is 51.4 Å². The van der Waals surface area contributed by atoms with Crippen molar-refractivity contribution in [3.8, 4) is 0 Å². The molecule has 0 spiro atoms. The Hall–Kier alpha value is -2.75. The Kier molecular flexibility index (Phi) is 81.6. The molecule has 0 fully saturated rings. The minimum absolute atomic E-state index is 0.151. The third-order valence-electron chi connectivity index (χ3n) is 20.8. The molecule has 0 aromatic rings. The standard InChI is InChI=1S/C93H175NO8/c1-6-8-10-12-14-16-18-20-22-24-26-28-30-32-34-36-38-40-42-44-45-46-48-49-51-53-55-57-59-61-63-65-67-69-71-73-75-77-79-81-83-90(95)100-87-89(88-101-93(92(97)98)99-86-85-94(3,4)5)102-91(96)84-82-80-78-76-74-72-70-68-66-64-62-60-58-56-54-52-50-47-43-41-39-37-35-33-31-29-27-25-23-21-19-17-15-13-11-9-7-2/h9,11,15,17,21,23,27,29,89,93H,6-8,10,12-14,16,18-20,22,24-26,28,30-88H2,1-5H3/b11-9-,17-15-,23-21-,29-27-. The molecule has 2 unspecified atom stereocenters. The molecule has 9 nitrogen and oxygen atoms in total. The third-order valence-corrected chi connectivity index (χ3v) is 20.8. The maximum absolute atomic E-state index is 13.0. The molecule has 0 aromatic heterocycles. The predicted octanol–water partition coefficient (Wildman–Crippen LogP) is 28.2. The Morgan fingerprint density at radius 1 is 0.304 bits per heavy atom. The molecule has 0 bridgehead atoms. The van der Waals surface area contributed by atoms with Crippen LogP contribution in [0, 0.1) is 0 Å². The average molecular weight is 1440 g/mol. The summed E-state index contributed by atoms with van der Waals surface area (Å²) in [5.41, 5.74) is 0. The van der Waals surface area contributed by atoms with E-state index in [-0.39, 0.29) is 32.2 Å². The summed E-state index contributed by atoms with van der Waals surface area (Å²) >= 11 is 0. The molecule has 0 saturated carbocycles. The second kappa shape index (κ2) is 83.9. The molecule has 2 atom stereocenters. The summed E-state index contributed by atoms with van der Waals surface area (Å²) in [5, 5.41) is 11.9. The maximum Gasteiger partial charge on any atom is 0.306 e. The number of esters is 2. The molecule has 0 aliphatic carbocycles. The number of carbonyl (C=O) groups excluding carboxylic acids is 3. The van der Waals surface area contributed by atoms with E-state index in [1.807, 2.05) is 21.1 Å². The van der Waals surface area contributed by atoms with Gasteiger partial charge in [0.15, 0.2) is 12.4 Å². The zero-order valence-electron chi connectivity index (χ0n) is 69.0. The molecule has 0 heterocycles. The van der Waals surface area contributed by atoms with Crippen molar-refractivity contribution < 1.29 is 42.9 Å². The van der Waals surface area contributed by atoms with Crippen LogP contribution in [-0.2, 0) is 33.3 Å². The second-order valence-corrected chi connectivity index (χ2v) is 32.2. The van der Waals surface area contributed by atoms with Crippen molar-refractivity contribution in [3.05, 3.63) is 48.6 Å². The molecule has 102 heavy (non-hydrogen) atoms. The molecule has 0 aliphatic heterocycles. The lowest BCUT2D eigenvalue weighted by Gasteiger charge is -2.26. The van der Waals surface area contributed by atoms with Crippen molar-refractivity contribution in [1.82, 2.24) is 0 Å². The number of nitrogens with zero attached hydrogens (tertiary/aromatic N) is 1.